The molecule has 0 saturated carbocycles. The number of carbonyl (C=O) groups excluding carboxylic acids is 4. The highest BCUT2D eigenvalue weighted by Gasteiger charge is 2.54. The molecule has 9 atom stereocenters. The van der Waals surface area contributed by atoms with Gasteiger partial charge in [-0.1, -0.05) is 80.1 Å². The quantitative estimate of drug-likeness (QED) is 0.201. The van der Waals surface area contributed by atoms with Crippen molar-refractivity contribution in [1.29, 1.82) is 0 Å². The lowest BCUT2D eigenvalue weighted by molar-refractivity contribution is -0.274. The number of amides is 1. The fourth-order valence-corrected chi connectivity index (χ4v) is 7.81. The highest BCUT2D eigenvalue weighted by molar-refractivity contribution is 14.1. The second kappa shape index (κ2) is 15.6. The van der Waals surface area contributed by atoms with Crippen LogP contribution in [-0.2, 0) is 35.1 Å². The van der Waals surface area contributed by atoms with Crippen molar-refractivity contribution in [2.24, 2.45) is 17.8 Å². The van der Waals surface area contributed by atoms with Crippen LogP contribution in [0.15, 0.2) is 30.3 Å². The average Bonchev–Trinajstić information content (AvgIpc) is 3.03. The van der Waals surface area contributed by atoms with Crippen molar-refractivity contribution in [2.45, 2.75) is 125 Å². The maximum Gasteiger partial charge on any atom is 0.329 e. The summed E-state index contributed by atoms with van der Waals surface area (Å²) in [6, 6.07) is 9.05. The first-order chi connectivity index (χ1) is 20.9. The average molecular weight is 726 g/mol. The first-order valence-corrected chi connectivity index (χ1v) is 17.5. The zero-order valence-corrected chi connectivity index (χ0v) is 28.3. The van der Waals surface area contributed by atoms with Gasteiger partial charge >= 0.3 is 5.97 Å². The molecule has 2 bridgehead atoms. The lowest BCUT2D eigenvalue weighted by atomic mass is 9.79. The van der Waals surface area contributed by atoms with Crippen LogP contribution >= 0.6 is 22.6 Å². The van der Waals surface area contributed by atoms with Gasteiger partial charge in [0.25, 0.3) is 11.7 Å². The van der Waals surface area contributed by atoms with E-state index >= 15 is 0 Å². The number of fused-ring (bicyclic) bond motifs is 3. The minimum atomic E-state index is -2.40. The van der Waals surface area contributed by atoms with E-state index in [0.29, 0.717) is 57.8 Å². The Morgan fingerprint density at radius 2 is 1.66 bits per heavy atom. The number of hydrogen-bond donors (Lipinski definition) is 2. The molecule has 4 rings (SSSR count). The van der Waals surface area contributed by atoms with E-state index in [1.54, 1.807) is 20.8 Å². The first-order valence-electron chi connectivity index (χ1n) is 16.3. The molecular weight excluding hydrogens is 677 g/mol. The molecular formula is C34H48INO8. The largest absolute Gasteiger partial charge is 0.460 e. The number of benzene rings is 1. The summed E-state index contributed by atoms with van der Waals surface area (Å²) in [6.07, 6.45) is 4.17. The van der Waals surface area contributed by atoms with Gasteiger partial charge in [0.1, 0.15) is 17.9 Å². The Labute approximate surface area is 274 Å². The molecule has 1 aromatic carbocycles. The van der Waals surface area contributed by atoms with Gasteiger partial charge in [-0.2, -0.15) is 0 Å². The number of piperidine rings is 1. The molecule has 244 valence electrons. The van der Waals surface area contributed by atoms with E-state index in [9.17, 15) is 29.4 Å². The minimum absolute atomic E-state index is 0.0325. The molecule has 3 saturated heterocycles. The number of halogens is 1. The topological polar surface area (TPSA) is 130 Å². The Bertz CT molecular complexity index is 1160. The molecule has 0 radical (unpaired) electrons. The molecule has 3 fully saturated rings. The van der Waals surface area contributed by atoms with E-state index in [-0.39, 0.29) is 16.3 Å². The van der Waals surface area contributed by atoms with Gasteiger partial charge in [-0.15, -0.1) is 0 Å². The summed E-state index contributed by atoms with van der Waals surface area (Å²) in [6.45, 7) is 5.31. The Kier molecular flexibility index (Phi) is 12.4. The van der Waals surface area contributed by atoms with Crippen LogP contribution in [0.25, 0.3) is 0 Å². The number of Topliss-reactive ketones (excluding diaryl/α,β-unsaturated/α-hetero) is 2. The zero-order valence-electron chi connectivity index (χ0n) is 26.2. The van der Waals surface area contributed by atoms with Crippen LogP contribution < -0.4 is 0 Å². The molecule has 3 aliphatic heterocycles. The van der Waals surface area contributed by atoms with Crippen molar-refractivity contribution in [3.05, 3.63) is 35.9 Å². The number of ether oxygens (including phenoxy) is 2. The molecule has 3 heterocycles. The van der Waals surface area contributed by atoms with Gasteiger partial charge in [0.15, 0.2) is 0 Å². The SMILES string of the molecule is C[C@H]1C2CC[C@@H](C)[C@@](O)(O2)C(=O)C(=O)N2CCCCC2C(=O)O[C@H](C(I)Cc2ccccc2)CCCCCC(=O)[C@@H](C)C1O. The van der Waals surface area contributed by atoms with Gasteiger partial charge in [0.05, 0.1) is 16.1 Å². The second-order valence-electron chi connectivity index (χ2n) is 13.1. The van der Waals surface area contributed by atoms with Crippen molar-refractivity contribution < 1.29 is 38.9 Å². The number of aliphatic hydroxyl groups excluding tert-OH is 1. The molecule has 9 nitrogen and oxygen atoms in total. The predicted molar refractivity (Wildman–Crippen MR) is 173 cm³/mol. The Hall–Kier alpha value is -1.89. The predicted octanol–water partition coefficient (Wildman–Crippen LogP) is 4.56. The molecule has 1 aromatic rings. The van der Waals surface area contributed by atoms with E-state index in [1.807, 2.05) is 30.3 Å². The lowest BCUT2D eigenvalue weighted by Gasteiger charge is -2.44. The molecule has 10 heteroatoms. The van der Waals surface area contributed by atoms with Crippen molar-refractivity contribution in [1.82, 2.24) is 4.90 Å². The summed E-state index contributed by atoms with van der Waals surface area (Å²) < 4.78 is 12.1. The Morgan fingerprint density at radius 3 is 2.39 bits per heavy atom. The Morgan fingerprint density at radius 1 is 0.955 bits per heavy atom. The van der Waals surface area contributed by atoms with Crippen LogP contribution in [0.1, 0.15) is 90.5 Å². The number of carbonyl (C=O) groups is 4. The van der Waals surface area contributed by atoms with Crippen molar-refractivity contribution in [3.63, 3.8) is 0 Å². The monoisotopic (exact) mass is 725 g/mol. The van der Waals surface area contributed by atoms with E-state index in [2.05, 4.69) is 22.6 Å². The minimum Gasteiger partial charge on any atom is -0.460 e. The molecule has 44 heavy (non-hydrogen) atoms. The van der Waals surface area contributed by atoms with Gasteiger partial charge in [-0.25, -0.2) is 4.79 Å². The smallest absolute Gasteiger partial charge is 0.329 e. The van der Waals surface area contributed by atoms with Crippen LogP contribution in [0.5, 0.6) is 0 Å². The van der Waals surface area contributed by atoms with E-state index in [0.717, 1.165) is 18.4 Å². The summed E-state index contributed by atoms with van der Waals surface area (Å²) in [4.78, 5) is 55.5. The number of esters is 1. The first kappa shape index (κ1) is 35.0. The normalized spacial score (nSPS) is 36.0. The highest BCUT2D eigenvalue weighted by Crippen LogP contribution is 2.38. The highest BCUT2D eigenvalue weighted by atomic mass is 127. The molecule has 1 amide bonds. The Balaban J connectivity index is 1.62. The number of aliphatic hydroxyl groups is 2. The van der Waals surface area contributed by atoms with Crippen LogP contribution in [0.2, 0.25) is 0 Å². The number of rotatable bonds is 3. The van der Waals surface area contributed by atoms with Crippen molar-refractivity contribution >= 4 is 46.0 Å². The van der Waals surface area contributed by atoms with Gasteiger partial charge in [-0.05, 0) is 63.4 Å². The molecule has 0 aromatic heterocycles. The van der Waals surface area contributed by atoms with E-state index in [1.165, 1.54) is 4.90 Å². The lowest BCUT2D eigenvalue weighted by Crippen LogP contribution is -2.61. The van der Waals surface area contributed by atoms with E-state index < -0.39 is 65.6 Å². The third-order valence-corrected chi connectivity index (χ3v) is 11.2. The summed E-state index contributed by atoms with van der Waals surface area (Å²) in [5.41, 5.74) is 1.12. The molecule has 2 N–H and O–H groups in total. The third kappa shape index (κ3) is 8.09. The molecule has 0 aliphatic carbocycles. The van der Waals surface area contributed by atoms with Crippen LogP contribution in [0, 0.1) is 17.8 Å². The summed E-state index contributed by atoms with van der Waals surface area (Å²) in [7, 11) is 0. The number of alkyl halides is 1. The van der Waals surface area contributed by atoms with Gasteiger partial charge in [0, 0.05) is 30.7 Å². The van der Waals surface area contributed by atoms with Crippen molar-refractivity contribution in [2.75, 3.05) is 6.54 Å². The number of hydrogen-bond acceptors (Lipinski definition) is 8. The molecule has 4 unspecified atom stereocenters. The standard InChI is InChI=1S/C34H48INO8/c1-21-17-18-28-23(3)30(38)22(2)27(37)15-8-5-9-16-29(25(35)20-24-12-6-4-7-13-24)43-33(41)26-14-10-11-19-36(26)32(40)31(39)34(21,42)44-28/h4,6-7,12-13,21-23,25-26,28-30,38,42H,5,8-11,14-20H2,1-3H3/t21-,22-,23+,25?,26?,28?,29+,30?,34-/m1/s1. The zero-order chi connectivity index (χ0) is 32.0. The summed E-state index contributed by atoms with van der Waals surface area (Å²) >= 11 is 2.32. The van der Waals surface area contributed by atoms with Gasteiger partial charge in [-0.3, -0.25) is 14.4 Å². The molecule has 0 spiro atoms. The number of cyclic esters (lactones) is 1. The second-order valence-corrected chi connectivity index (χ2v) is 14.7. The number of ketones is 2. The fraction of sp³-hybridized carbons (Fsp3) is 0.706. The summed E-state index contributed by atoms with van der Waals surface area (Å²) in [5, 5.41) is 22.7. The summed E-state index contributed by atoms with van der Waals surface area (Å²) in [5.74, 6) is -6.93. The fourth-order valence-electron chi connectivity index (χ4n) is 6.79. The maximum atomic E-state index is 13.7. The third-order valence-electron chi connectivity index (χ3n) is 9.94. The van der Waals surface area contributed by atoms with Crippen LogP contribution in [0.3, 0.4) is 0 Å². The maximum absolute atomic E-state index is 13.7. The van der Waals surface area contributed by atoms with E-state index in [4.69, 9.17) is 9.47 Å². The van der Waals surface area contributed by atoms with Crippen molar-refractivity contribution in [3.8, 4) is 0 Å². The van der Waals surface area contributed by atoms with Crippen LogP contribution in [-0.4, -0.2) is 79.2 Å². The molecule has 3 aliphatic rings. The van der Waals surface area contributed by atoms with Gasteiger partial charge in [0.2, 0.25) is 5.79 Å². The number of nitrogens with zero attached hydrogens (tertiary/aromatic N) is 1. The van der Waals surface area contributed by atoms with Crippen LogP contribution in [0.4, 0.5) is 0 Å². The van der Waals surface area contributed by atoms with Gasteiger partial charge < -0.3 is 24.6 Å².